The zero-order valence-corrected chi connectivity index (χ0v) is 14.1. The maximum atomic E-state index is 11.1. The Morgan fingerprint density at radius 2 is 2.08 bits per heavy atom. The molecule has 2 saturated carbocycles. The van der Waals surface area contributed by atoms with E-state index in [1.165, 1.54) is 12.8 Å². The van der Waals surface area contributed by atoms with Crippen LogP contribution in [0.2, 0.25) is 0 Å². The number of hydrogen-bond donors (Lipinski definition) is 2. The molecular weight excluding hydrogens is 318 g/mol. The third-order valence-corrected chi connectivity index (χ3v) is 4.89. The van der Waals surface area contributed by atoms with Gasteiger partial charge in [0.25, 0.3) is 0 Å². The summed E-state index contributed by atoms with van der Waals surface area (Å²) in [5.74, 6) is 2.70. The Morgan fingerprint density at radius 1 is 1.28 bits per heavy atom. The highest BCUT2D eigenvalue weighted by Crippen LogP contribution is 2.42. The molecule has 1 amide bonds. The summed E-state index contributed by atoms with van der Waals surface area (Å²) >= 11 is 0. The molecule has 2 fully saturated rings. The van der Waals surface area contributed by atoms with Crippen LogP contribution in [0.15, 0.2) is 24.3 Å². The van der Waals surface area contributed by atoms with Crippen LogP contribution in [0, 0.1) is 0 Å². The SMILES string of the molecule is NC(=O)Cc1cccc(OCc2nnc(C3CC(N)C3)n2C2CC2)c1. The van der Waals surface area contributed by atoms with Gasteiger partial charge >= 0.3 is 0 Å². The van der Waals surface area contributed by atoms with E-state index in [0.717, 1.165) is 30.1 Å². The van der Waals surface area contributed by atoms with Crippen LogP contribution in [0.1, 0.15) is 54.9 Å². The summed E-state index contributed by atoms with van der Waals surface area (Å²) in [6.07, 6.45) is 4.53. The number of carbonyl (C=O) groups is 1. The molecule has 7 heteroatoms. The van der Waals surface area contributed by atoms with E-state index in [0.29, 0.717) is 30.4 Å². The first-order valence-corrected chi connectivity index (χ1v) is 8.79. The van der Waals surface area contributed by atoms with E-state index >= 15 is 0 Å². The molecule has 0 unspecified atom stereocenters. The Kier molecular flexibility index (Phi) is 4.17. The topological polar surface area (TPSA) is 109 Å². The Morgan fingerprint density at radius 3 is 2.76 bits per heavy atom. The maximum absolute atomic E-state index is 11.1. The lowest BCUT2D eigenvalue weighted by Gasteiger charge is -2.31. The predicted octanol–water partition coefficient (Wildman–Crippen LogP) is 1.42. The molecule has 7 nitrogen and oxygen atoms in total. The van der Waals surface area contributed by atoms with Gasteiger partial charge in [0, 0.05) is 18.0 Å². The first-order chi connectivity index (χ1) is 12.1. The van der Waals surface area contributed by atoms with Gasteiger partial charge in [-0.25, -0.2) is 0 Å². The fourth-order valence-electron chi connectivity index (χ4n) is 3.41. The number of hydrogen-bond acceptors (Lipinski definition) is 5. The number of benzene rings is 1. The highest BCUT2D eigenvalue weighted by Gasteiger charge is 2.36. The summed E-state index contributed by atoms with van der Waals surface area (Å²) in [6.45, 7) is 0.363. The van der Waals surface area contributed by atoms with Gasteiger partial charge in [-0.05, 0) is 43.4 Å². The number of primary amides is 1. The lowest BCUT2D eigenvalue weighted by molar-refractivity contribution is -0.117. The maximum Gasteiger partial charge on any atom is 0.221 e. The molecule has 1 aromatic carbocycles. The molecule has 0 bridgehead atoms. The fraction of sp³-hybridized carbons (Fsp3) is 0.500. The van der Waals surface area contributed by atoms with E-state index in [9.17, 15) is 4.79 Å². The quantitative estimate of drug-likeness (QED) is 0.792. The van der Waals surface area contributed by atoms with Crippen LogP contribution in [0.5, 0.6) is 5.75 Å². The average molecular weight is 341 g/mol. The van der Waals surface area contributed by atoms with Crippen molar-refractivity contribution in [3.63, 3.8) is 0 Å². The second kappa shape index (κ2) is 6.48. The van der Waals surface area contributed by atoms with Gasteiger partial charge in [0.05, 0.1) is 6.42 Å². The molecule has 0 spiro atoms. The first kappa shape index (κ1) is 16.1. The Balaban J connectivity index is 1.47. The van der Waals surface area contributed by atoms with Crippen molar-refractivity contribution in [3.8, 4) is 5.75 Å². The van der Waals surface area contributed by atoms with Crippen molar-refractivity contribution < 1.29 is 9.53 Å². The second-order valence-corrected chi connectivity index (χ2v) is 7.08. The standard InChI is InChI=1S/C18H23N5O2/c19-13-8-12(9-13)18-22-21-17(23(18)14-4-5-14)10-25-15-3-1-2-11(6-15)7-16(20)24/h1-3,6,12-14H,4-5,7-10,19H2,(H2,20,24). The molecule has 0 saturated heterocycles. The van der Waals surface area contributed by atoms with Gasteiger partial charge in [-0.3, -0.25) is 4.79 Å². The molecule has 2 aromatic rings. The molecule has 4 N–H and O–H groups in total. The van der Waals surface area contributed by atoms with Gasteiger partial charge in [0.2, 0.25) is 5.91 Å². The summed E-state index contributed by atoms with van der Waals surface area (Å²) in [4.78, 5) is 11.1. The highest BCUT2D eigenvalue weighted by molar-refractivity contribution is 5.76. The normalized spacial score (nSPS) is 22.4. The van der Waals surface area contributed by atoms with Crippen molar-refractivity contribution in [1.29, 1.82) is 0 Å². The van der Waals surface area contributed by atoms with Crippen LogP contribution in [0.3, 0.4) is 0 Å². The first-order valence-electron chi connectivity index (χ1n) is 8.79. The van der Waals surface area contributed by atoms with Crippen LogP contribution in [-0.2, 0) is 17.8 Å². The number of nitrogens with zero attached hydrogens (tertiary/aromatic N) is 3. The fourth-order valence-corrected chi connectivity index (χ4v) is 3.41. The number of ether oxygens (including phenoxy) is 1. The lowest BCUT2D eigenvalue weighted by Crippen LogP contribution is -2.36. The number of aromatic nitrogens is 3. The van der Waals surface area contributed by atoms with Crippen molar-refractivity contribution in [2.45, 2.75) is 56.7 Å². The van der Waals surface area contributed by atoms with E-state index in [4.69, 9.17) is 16.2 Å². The van der Waals surface area contributed by atoms with E-state index in [-0.39, 0.29) is 12.3 Å². The van der Waals surface area contributed by atoms with Crippen molar-refractivity contribution >= 4 is 5.91 Å². The Bertz CT molecular complexity index is 778. The summed E-state index contributed by atoms with van der Waals surface area (Å²) in [5, 5.41) is 8.78. The molecule has 25 heavy (non-hydrogen) atoms. The van der Waals surface area contributed by atoms with Crippen LogP contribution in [-0.4, -0.2) is 26.7 Å². The molecule has 4 rings (SSSR count). The van der Waals surface area contributed by atoms with E-state index in [1.54, 1.807) is 0 Å². The smallest absolute Gasteiger partial charge is 0.221 e. The average Bonchev–Trinajstić information content (AvgIpc) is 3.30. The minimum absolute atomic E-state index is 0.210. The molecule has 0 aliphatic heterocycles. The number of carbonyl (C=O) groups excluding carboxylic acids is 1. The Labute approximate surface area is 146 Å². The lowest BCUT2D eigenvalue weighted by atomic mass is 9.80. The zero-order chi connectivity index (χ0) is 17.4. The third-order valence-electron chi connectivity index (χ3n) is 4.89. The van der Waals surface area contributed by atoms with Crippen molar-refractivity contribution in [2.75, 3.05) is 0 Å². The van der Waals surface area contributed by atoms with E-state index in [2.05, 4.69) is 14.8 Å². The molecule has 0 atom stereocenters. The van der Waals surface area contributed by atoms with Gasteiger partial charge in [0.1, 0.15) is 18.2 Å². The minimum atomic E-state index is -0.353. The number of rotatable bonds is 7. The summed E-state index contributed by atoms with van der Waals surface area (Å²) in [5.41, 5.74) is 12.0. The van der Waals surface area contributed by atoms with Crippen LogP contribution >= 0.6 is 0 Å². The van der Waals surface area contributed by atoms with Gasteiger partial charge in [-0.2, -0.15) is 0 Å². The molecule has 132 valence electrons. The van der Waals surface area contributed by atoms with E-state index in [1.807, 2.05) is 24.3 Å². The van der Waals surface area contributed by atoms with Gasteiger partial charge in [0.15, 0.2) is 5.82 Å². The number of amides is 1. The summed E-state index contributed by atoms with van der Waals surface area (Å²) in [7, 11) is 0. The molecule has 2 aliphatic rings. The van der Waals surface area contributed by atoms with Gasteiger partial charge in [-0.1, -0.05) is 12.1 Å². The monoisotopic (exact) mass is 341 g/mol. The van der Waals surface area contributed by atoms with Gasteiger partial charge < -0.3 is 20.8 Å². The molecule has 1 heterocycles. The summed E-state index contributed by atoms with van der Waals surface area (Å²) < 4.78 is 8.15. The second-order valence-electron chi connectivity index (χ2n) is 7.08. The molecule has 2 aliphatic carbocycles. The third kappa shape index (κ3) is 3.51. The van der Waals surface area contributed by atoms with Crippen LogP contribution in [0.4, 0.5) is 0 Å². The van der Waals surface area contributed by atoms with Crippen LogP contribution in [0.25, 0.3) is 0 Å². The van der Waals surface area contributed by atoms with Crippen molar-refractivity contribution in [2.24, 2.45) is 11.5 Å². The molecular formula is C18H23N5O2. The van der Waals surface area contributed by atoms with Gasteiger partial charge in [-0.15, -0.1) is 10.2 Å². The number of nitrogens with two attached hydrogens (primary N) is 2. The highest BCUT2D eigenvalue weighted by atomic mass is 16.5. The molecule has 1 aromatic heterocycles. The Hall–Kier alpha value is -2.41. The predicted molar refractivity (Wildman–Crippen MR) is 91.9 cm³/mol. The summed E-state index contributed by atoms with van der Waals surface area (Å²) in [6, 6.07) is 8.23. The minimum Gasteiger partial charge on any atom is -0.486 e. The molecule has 0 radical (unpaired) electrons. The largest absolute Gasteiger partial charge is 0.486 e. The van der Waals surface area contributed by atoms with E-state index < -0.39 is 0 Å². The van der Waals surface area contributed by atoms with Crippen molar-refractivity contribution in [1.82, 2.24) is 14.8 Å². The van der Waals surface area contributed by atoms with Crippen LogP contribution < -0.4 is 16.2 Å². The zero-order valence-electron chi connectivity index (χ0n) is 14.1. The van der Waals surface area contributed by atoms with Crippen molar-refractivity contribution in [3.05, 3.63) is 41.5 Å².